The number of unbranched alkanes of at least 4 members (excludes halogenated alkanes) is 1. The summed E-state index contributed by atoms with van der Waals surface area (Å²) in [7, 11) is -1.63. The Hall–Kier alpha value is -3.54. The van der Waals surface area contributed by atoms with Crippen LogP contribution in [-0.2, 0) is 26.2 Å². The van der Waals surface area contributed by atoms with E-state index in [-0.39, 0.29) is 40.2 Å². The predicted octanol–water partition coefficient (Wildman–Crippen LogP) is 6.07. The Morgan fingerprint density at radius 3 is 2.20 bits per heavy atom. The number of hydrogen-bond acceptors (Lipinski definition) is 6. The van der Waals surface area contributed by atoms with Gasteiger partial charge in [0.25, 0.3) is 10.0 Å². The molecule has 1 atom stereocenters. The summed E-state index contributed by atoms with van der Waals surface area (Å²) in [6.07, 6.45) is 1.87. The zero-order valence-electron chi connectivity index (χ0n) is 25.0. The van der Waals surface area contributed by atoms with Gasteiger partial charge in [-0.2, -0.15) is 0 Å². The number of nitrogens with zero attached hydrogens (tertiary/aromatic N) is 2. The number of sulfonamides is 1. The molecule has 0 radical (unpaired) electrons. The minimum atomic E-state index is -4.42. The van der Waals surface area contributed by atoms with Crippen LogP contribution in [0.4, 0.5) is 10.1 Å². The predicted molar refractivity (Wildman–Crippen MR) is 169 cm³/mol. The first-order valence-corrected chi connectivity index (χ1v) is 16.2. The second-order valence-corrected chi connectivity index (χ2v) is 12.5. The normalized spacial score (nSPS) is 11.9. The summed E-state index contributed by atoms with van der Waals surface area (Å²) < 4.78 is 53.4. The summed E-state index contributed by atoms with van der Waals surface area (Å²) in [5.41, 5.74) is 0.633. The van der Waals surface area contributed by atoms with E-state index in [1.807, 2.05) is 6.92 Å². The molecule has 0 aliphatic heterocycles. The van der Waals surface area contributed by atoms with Crippen molar-refractivity contribution < 1.29 is 31.9 Å². The van der Waals surface area contributed by atoms with Gasteiger partial charge in [0.2, 0.25) is 11.8 Å². The molecule has 1 N–H and O–H groups in total. The lowest BCUT2D eigenvalue weighted by Gasteiger charge is -2.33. The van der Waals surface area contributed by atoms with Crippen molar-refractivity contribution in [2.75, 3.05) is 31.6 Å². The minimum absolute atomic E-state index is 0.0458. The Bertz CT molecular complexity index is 1560. The van der Waals surface area contributed by atoms with Gasteiger partial charge in [-0.15, -0.1) is 0 Å². The van der Waals surface area contributed by atoms with E-state index in [1.54, 1.807) is 25.1 Å². The first-order valence-electron chi connectivity index (χ1n) is 14.0. The quantitative estimate of drug-likeness (QED) is 0.197. The van der Waals surface area contributed by atoms with E-state index in [4.69, 9.17) is 32.7 Å². The van der Waals surface area contributed by atoms with Crippen molar-refractivity contribution in [1.29, 1.82) is 0 Å². The maximum absolute atomic E-state index is 14.1. The monoisotopic (exact) mass is 667 g/mol. The average Bonchev–Trinajstić information content (AvgIpc) is 3.01. The maximum atomic E-state index is 14.1. The summed E-state index contributed by atoms with van der Waals surface area (Å²) in [6, 6.07) is 12.7. The number of benzene rings is 3. The molecule has 3 aromatic rings. The summed E-state index contributed by atoms with van der Waals surface area (Å²) in [5.74, 6) is -1.15. The highest BCUT2D eigenvalue weighted by Crippen LogP contribution is 2.32. The van der Waals surface area contributed by atoms with Gasteiger partial charge in [0, 0.05) is 19.2 Å². The number of ether oxygens (including phenoxy) is 2. The topological polar surface area (TPSA) is 105 Å². The molecule has 0 saturated heterocycles. The Morgan fingerprint density at radius 1 is 0.932 bits per heavy atom. The fourth-order valence-electron chi connectivity index (χ4n) is 4.50. The molecule has 3 aromatic carbocycles. The largest absolute Gasteiger partial charge is 0.493 e. The van der Waals surface area contributed by atoms with E-state index < -0.39 is 34.3 Å². The van der Waals surface area contributed by atoms with Crippen LogP contribution in [0, 0.1) is 5.82 Å². The fraction of sp³-hybridized carbons (Fsp3) is 0.355. The van der Waals surface area contributed by atoms with E-state index in [1.165, 1.54) is 49.5 Å². The van der Waals surface area contributed by atoms with Crippen LogP contribution in [0.1, 0.15) is 38.7 Å². The van der Waals surface area contributed by atoms with E-state index >= 15 is 0 Å². The number of amides is 2. The van der Waals surface area contributed by atoms with Crippen LogP contribution in [-0.4, -0.2) is 58.5 Å². The molecule has 0 aliphatic rings. The summed E-state index contributed by atoms with van der Waals surface area (Å²) in [4.78, 5) is 28.6. The molecule has 13 heteroatoms. The molecule has 238 valence electrons. The van der Waals surface area contributed by atoms with Crippen LogP contribution in [0.15, 0.2) is 65.6 Å². The standard InChI is InChI=1S/C31H36Cl2FN3O6S/c1-5-7-16-35-31(39)27(6-2)36(19-21-8-14-25(32)26(33)17-21)30(38)20-37(23-11-9-22(34)10-12-23)44(40,41)24-13-15-28(42-3)29(18-24)43-4/h8-15,17-18,27H,5-7,16,19-20H2,1-4H3,(H,35,39)/t27-/m0/s1. The number of methoxy groups -OCH3 is 2. The number of nitrogens with one attached hydrogen (secondary N) is 1. The first kappa shape index (κ1) is 34.9. The lowest BCUT2D eigenvalue weighted by atomic mass is 10.1. The molecule has 0 aromatic heterocycles. The van der Waals surface area contributed by atoms with Crippen molar-refractivity contribution in [3.8, 4) is 11.5 Å². The molecule has 0 unspecified atom stereocenters. The second-order valence-electron chi connectivity index (χ2n) is 9.84. The lowest BCUT2D eigenvalue weighted by Crippen LogP contribution is -2.52. The third kappa shape index (κ3) is 8.55. The number of carbonyl (C=O) groups is 2. The average molecular weight is 669 g/mol. The van der Waals surface area contributed by atoms with Gasteiger partial charge in [-0.3, -0.25) is 13.9 Å². The third-order valence-corrected chi connectivity index (χ3v) is 9.40. The number of anilines is 1. The molecule has 44 heavy (non-hydrogen) atoms. The van der Waals surface area contributed by atoms with Gasteiger partial charge < -0.3 is 19.7 Å². The summed E-state index contributed by atoms with van der Waals surface area (Å²) >= 11 is 12.3. The second kappa shape index (κ2) is 16.0. The van der Waals surface area contributed by atoms with Crippen LogP contribution in [0.5, 0.6) is 11.5 Å². The summed E-state index contributed by atoms with van der Waals surface area (Å²) in [5, 5.41) is 3.45. The molecule has 0 saturated carbocycles. The number of hydrogen-bond donors (Lipinski definition) is 1. The van der Waals surface area contributed by atoms with Gasteiger partial charge in [-0.05, 0) is 66.9 Å². The van der Waals surface area contributed by atoms with Crippen molar-refractivity contribution >= 4 is 50.7 Å². The van der Waals surface area contributed by atoms with E-state index in [0.29, 0.717) is 22.9 Å². The van der Waals surface area contributed by atoms with E-state index in [0.717, 1.165) is 29.3 Å². The molecule has 0 fully saturated rings. The first-order chi connectivity index (χ1) is 21.0. The highest BCUT2D eigenvalue weighted by Gasteiger charge is 2.34. The minimum Gasteiger partial charge on any atom is -0.493 e. The Kier molecular flexibility index (Phi) is 12.7. The molecular weight excluding hydrogens is 632 g/mol. The van der Waals surface area contributed by atoms with Crippen molar-refractivity contribution in [2.24, 2.45) is 0 Å². The molecule has 0 aliphatic carbocycles. The van der Waals surface area contributed by atoms with Crippen LogP contribution in [0.2, 0.25) is 10.0 Å². The van der Waals surface area contributed by atoms with Crippen molar-refractivity contribution in [3.05, 3.63) is 82.1 Å². The van der Waals surface area contributed by atoms with E-state index in [2.05, 4.69) is 5.32 Å². The fourth-order valence-corrected chi connectivity index (χ4v) is 6.25. The molecule has 3 rings (SSSR count). The third-order valence-electron chi connectivity index (χ3n) is 6.89. The van der Waals surface area contributed by atoms with Gasteiger partial charge in [-0.25, -0.2) is 12.8 Å². The van der Waals surface area contributed by atoms with Crippen LogP contribution < -0.4 is 19.1 Å². The number of rotatable bonds is 15. The van der Waals surface area contributed by atoms with Crippen LogP contribution in [0.3, 0.4) is 0 Å². The SMILES string of the molecule is CCCCNC(=O)[C@H](CC)N(Cc1ccc(Cl)c(Cl)c1)C(=O)CN(c1ccc(F)cc1)S(=O)(=O)c1ccc(OC)c(OC)c1. The lowest BCUT2D eigenvalue weighted by molar-refractivity contribution is -0.140. The maximum Gasteiger partial charge on any atom is 0.264 e. The van der Waals surface area contributed by atoms with Crippen molar-refractivity contribution in [3.63, 3.8) is 0 Å². The van der Waals surface area contributed by atoms with Gasteiger partial charge in [0.1, 0.15) is 18.4 Å². The molecule has 0 bridgehead atoms. The Morgan fingerprint density at radius 2 is 1.61 bits per heavy atom. The van der Waals surface area contributed by atoms with Gasteiger partial charge in [-0.1, -0.05) is 49.5 Å². The van der Waals surface area contributed by atoms with Crippen molar-refractivity contribution in [2.45, 2.75) is 50.6 Å². The molecule has 9 nitrogen and oxygen atoms in total. The highest BCUT2D eigenvalue weighted by atomic mass is 35.5. The van der Waals surface area contributed by atoms with Crippen LogP contribution in [0.25, 0.3) is 0 Å². The Labute approximate surface area is 267 Å². The number of halogens is 3. The molecule has 0 spiro atoms. The van der Waals surface area contributed by atoms with Crippen LogP contribution >= 0.6 is 23.2 Å². The highest BCUT2D eigenvalue weighted by molar-refractivity contribution is 7.92. The van der Waals surface area contributed by atoms with Gasteiger partial charge in [0.15, 0.2) is 11.5 Å². The number of carbonyl (C=O) groups excluding carboxylic acids is 2. The molecule has 2 amide bonds. The Balaban J connectivity index is 2.09. The zero-order chi connectivity index (χ0) is 32.4. The smallest absolute Gasteiger partial charge is 0.264 e. The molecule has 0 heterocycles. The van der Waals surface area contributed by atoms with Gasteiger partial charge >= 0.3 is 0 Å². The van der Waals surface area contributed by atoms with E-state index in [9.17, 15) is 22.4 Å². The van der Waals surface area contributed by atoms with Crippen molar-refractivity contribution in [1.82, 2.24) is 10.2 Å². The summed E-state index contributed by atoms with van der Waals surface area (Å²) in [6.45, 7) is 3.44. The molecular formula is C31H36Cl2FN3O6S. The zero-order valence-corrected chi connectivity index (χ0v) is 27.3. The van der Waals surface area contributed by atoms with Gasteiger partial charge in [0.05, 0.1) is 34.8 Å².